The maximum atomic E-state index is 10.4. The van der Waals surface area contributed by atoms with Crippen molar-refractivity contribution in [3.8, 4) is 0 Å². The number of nitrogens with one attached hydrogen (secondary N) is 1. The second-order valence-electron chi connectivity index (χ2n) is 1.37. The number of nitrogens with zero attached hydrogens (tertiary/aromatic N) is 1. The summed E-state index contributed by atoms with van der Waals surface area (Å²) in [6.07, 6.45) is 0. The van der Waals surface area contributed by atoms with E-state index in [9.17, 15) is 5.21 Å². The van der Waals surface area contributed by atoms with E-state index in [4.69, 9.17) is 0 Å². The van der Waals surface area contributed by atoms with Crippen LogP contribution in [0.5, 0.6) is 0 Å². The third-order valence-electron chi connectivity index (χ3n) is 0.774. The van der Waals surface area contributed by atoms with Crippen molar-refractivity contribution < 1.29 is 5.21 Å². The molecule has 0 aromatic rings. The fourth-order valence-corrected chi connectivity index (χ4v) is 1.68. The van der Waals surface area contributed by atoms with E-state index < -0.39 is 0 Å². The molecule has 0 aliphatic carbocycles. The molecule has 7 heavy (non-hydrogen) atoms. The molecule has 0 spiro atoms. The van der Waals surface area contributed by atoms with Crippen LogP contribution >= 0.6 is 0 Å². The first kappa shape index (κ1) is 5.53. The zero-order valence-corrected chi connectivity index (χ0v) is 5.60. The normalized spacial score (nSPS) is 25.3. The summed E-state index contributed by atoms with van der Waals surface area (Å²) < 4.78 is 3.14. The van der Waals surface area contributed by atoms with E-state index >= 15 is 0 Å². The molecule has 1 saturated heterocycles. The Bertz CT molecular complexity index is 54.9. The third kappa shape index (κ3) is 1.76. The molecule has 41 valence electrons. The minimum atomic E-state index is 0.389. The average Bonchev–Trinajstić information content (AvgIpc) is 1.69. The zero-order valence-electron chi connectivity index (χ0n) is 3.89. The average molecular weight is 166 g/mol. The summed E-state index contributed by atoms with van der Waals surface area (Å²) in [6, 6.07) is 0. The topological polar surface area (TPSA) is 35.2 Å². The predicted octanol–water partition coefficient (Wildman–Crippen LogP) is -1.19. The van der Waals surface area contributed by atoms with Gasteiger partial charge in [0.25, 0.3) is 0 Å². The monoisotopic (exact) mass is 167 g/mol. The van der Waals surface area contributed by atoms with Gasteiger partial charge in [-0.2, -0.15) is 0 Å². The number of hydrogen-bond acceptors (Lipinski definition) is 2. The molecule has 1 fully saturated rings. The third-order valence-corrected chi connectivity index (χ3v) is 2.51. The molecule has 0 aromatic carbocycles. The number of rotatable bonds is 0. The van der Waals surface area contributed by atoms with E-state index in [1.54, 1.807) is 0 Å². The summed E-state index contributed by atoms with van der Waals surface area (Å²) in [5.41, 5.74) is 0.715. The van der Waals surface area contributed by atoms with Crippen molar-refractivity contribution in [2.75, 3.05) is 18.5 Å². The fraction of sp³-hybridized carbons (Fsp3) is 1.00. The second kappa shape index (κ2) is 2.64. The van der Waals surface area contributed by atoms with Gasteiger partial charge in [0.15, 0.2) is 0 Å². The Morgan fingerprint density at radius 2 is 2.57 bits per heavy atom. The van der Waals surface area contributed by atoms with Crippen LogP contribution in [0.15, 0.2) is 0 Å². The molecule has 3 nitrogen and oxygen atoms in total. The molecule has 0 amide bonds. The minimum absolute atomic E-state index is 0.389. The summed E-state index contributed by atoms with van der Waals surface area (Å²) >= 11 is 0.389. The van der Waals surface area contributed by atoms with Gasteiger partial charge in [0.05, 0.1) is 0 Å². The van der Waals surface area contributed by atoms with Crippen LogP contribution in [0.1, 0.15) is 0 Å². The molecule has 1 N–H and O–H groups in total. The van der Waals surface area contributed by atoms with Crippen molar-refractivity contribution in [1.29, 1.82) is 0 Å². The molecule has 0 bridgehead atoms. The molecular weight excluding hydrogens is 159 g/mol. The standard InChI is InChI=1S/C3H7N2OSe/c6-5-2-1-4-7-3-5/h4H,1-3H2. The molecule has 1 radical (unpaired) electrons. The molecule has 0 saturated carbocycles. The van der Waals surface area contributed by atoms with E-state index in [0.717, 1.165) is 11.6 Å². The first-order valence-electron chi connectivity index (χ1n) is 2.16. The van der Waals surface area contributed by atoms with Crippen LogP contribution in [0, 0.1) is 0 Å². The van der Waals surface area contributed by atoms with Gasteiger partial charge in [0, 0.05) is 0 Å². The van der Waals surface area contributed by atoms with Crippen molar-refractivity contribution in [3.05, 3.63) is 0 Å². The van der Waals surface area contributed by atoms with E-state index in [0.29, 0.717) is 27.2 Å². The van der Waals surface area contributed by atoms with Gasteiger partial charge in [-0.3, -0.25) is 0 Å². The van der Waals surface area contributed by atoms with Gasteiger partial charge >= 0.3 is 48.3 Å². The van der Waals surface area contributed by atoms with E-state index in [2.05, 4.69) is 4.33 Å². The SMILES string of the molecule is [O]N1CCN[Se]C1. The molecule has 0 atom stereocenters. The first-order valence-corrected chi connectivity index (χ1v) is 4.23. The summed E-state index contributed by atoms with van der Waals surface area (Å²) in [5.74, 6) is 0. The molecule has 0 unspecified atom stereocenters. The fourth-order valence-electron chi connectivity index (χ4n) is 0.425. The quantitative estimate of drug-likeness (QED) is 0.459. The zero-order chi connectivity index (χ0) is 5.11. The van der Waals surface area contributed by atoms with Gasteiger partial charge < -0.3 is 0 Å². The van der Waals surface area contributed by atoms with Crippen molar-refractivity contribution in [1.82, 2.24) is 9.40 Å². The van der Waals surface area contributed by atoms with Crippen molar-refractivity contribution >= 4 is 15.2 Å². The Kier molecular flexibility index (Phi) is 2.09. The van der Waals surface area contributed by atoms with Gasteiger partial charge in [-0.25, -0.2) is 0 Å². The van der Waals surface area contributed by atoms with Gasteiger partial charge in [-0.05, 0) is 0 Å². The summed E-state index contributed by atoms with van der Waals surface area (Å²) in [7, 11) is 0. The van der Waals surface area contributed by atoms with Gasteiger partial charge in [0.1, 0.15) is 0 Å². The van der Waals surface area contributed by atoms with Crippen LogP contribution in [-0.4, -0.2) is 38.8 Å². The van der Waals surface area contributed by atoms with E-state index in [1.807, 2.05) is 0 Å². The number of hydroxylamine groups is 2. The Balaban J connectivity index is 2.12. The van der Waals surface area contributed by atoms with Gasteiger partial charge in [-0.15, -0.1) is 0 Å². The van der Waals surface area contributed by atoms with Crippen molar-refractivity contribution in [3.63, 3.8) is 0 Å². The Morgan fingerprint density at radius 1 is 1.71 bits per heavy atom. The van der Waals surface area contributed by atoms with Crippen molar-refractivity contribution in [2.24, 2.45) is 0 Å². The second-order valence-corrected chi connectivity index (χ2v) is 3.13. The van der Waals surface area contributed by atoms with E-state index in [1.165, 1.54) is 0 Å². The Hall–Kier alpha value is 0.399. The molecule has 0 aromatic heterocycles. The summed E-state index contributed by atoms with van der Waals surface area (Å²) in [6.45, 7) is 1.55. The van der Waals surface area contributed by atoms with Gasteiger partial charge in [-0.1, -0.05) is 0 Å². The Labute approximate surface area is 49.0 Å². The molecule has 4 heteroatoms. The predicted molar refractivity (Wildman–Crippen MR) is 26.0 cm³/mol. The summed E-state index contributed by atoms with van der Waals surface area (Å²) in [4.78, 5) is 0. The van der Waals surface area contributed by atoms with Crippen LogP contribution in [-0.2, 0) is 5.21 Å². The Morgan fingerprint density at radius 3 is 2.86 bits per heavy atom. The summed E-state index contributed by atoms with van der Waals surface area (Å²) in [5, 5.41) is 11.5. The molecule has 1 heterocycles. The van der Waals surface area contributed by atoms with Crippen LogP contribution in [0.25, 0.3) is 0 Å². The van der Waals surface area contributed by atoms with Crippen LogP contribution < -0.4 is 4.33 Å². The van der Waals surface area contributed by atoms with Crippen molar-refractivity contribution in [2.45, 2.75) is 0 Å². The van der Waals surface area contributed by atoms with Crippen LogP contribution in [0.4, 0.5) is 0 Å². The van der Waals surface area contributed by atoms with Gasteiger partial charge in [0.2, 0.25) is 0 Å². The number of hydrogen-bond donors (Lipinski definition) is 1. The first-order chi connectivity index (χ1) is 3.39. The maximum absolute atomic E-state index is 10.4. The molecular formula is C3H7N2OSe. The van der Waals surface area contributed by atoms with Crippen LogP contribution in [0.3, 0.4) is 0 Å². The molecule has 1 aliphatic rings. The molecule has 1 rings (SSSR count). The van der Waals surface area contributed by atoms with E-state index in [-0.39, 0.29) is 0 Å². The van der Waals surface area contributed by atoms with Crippen LogP contribution in [0.2, 0.25) is 0 Å². The molecule has 1 aliphatic heterocycles.